The van der Waals surface area contributed by atoms with Gasteiger partial charge in [-0.15, -0.1) is 13.2 Å². The van der Waals surface area contributed by atoms with E-state index in [0.29, 0.717) is 19.3 Å². The molecule has 2 aromatic carbocycles. The van der Waals surface area contributed by atoms with Crippen molar-refractivity contribution in [1.29, 1.82) is 0 Å². The predicted octanol–water partition coefficient (Wildman–Crippen LogP) is 6.16. The number of nitrogens with two attached hydrogens (primary N) is 1. The first-order valence-corrected chi connectivity index (χ1v) is 11.4. The summed E-state index contributed by atoms with van der Waals surface area (Å²) in [5.41, 5.74) is 4.82. The van der Waals surface area contributed by atoms with E-state index in [9.17, 15) is 31.1 Å². The maximum absolute atomic E-state index is 13.1. The van der Waals surface area contributed by atoms with Gasteiger partial charge in [0.25, 0.3) is 0 Å². The Bertz CT molecular complexity index is 1120. The summed E-state index contributed by atoms with van der Waals surface area (Å²) in [4.78, 5) is 15.3. The lowest BCUT2D eigenvalue weighted by Gasteiger charge is -2.44. The summed E-state index contributed by atoms with van der Waals surface area (Å²) in [6.07, 6.45) is -6.82. The van der Waals surface area contributed by atoms with Crippen molar-refractivity contribution in [1.82, 2.24) is 0 Å². The third-order valence-electron chi connectivity index (χ3n) is 6.83. The van der Waals surface area contributed by atoms with Crippen LogP contribution in [-0.4, -0.2) is 36.9 Å². The van der Waals surface area contributed by atoms with Crippen molar-refractivity contribution in [3.05, 3.63) is 59.7 Å². The van der Waals surface area contributed by atoms with Gasteiger partial charge in [0.2, 0.25) is 5.84 Å². The average Bonchev–Trinajstić information content (AvgIpc) is 3.22. The summed E-state index contributed by atoms with van der Waals surface area (Å²) in [7, 11) is 0. The molecule has 4 atom stereocenters. The molecule has 1 aliphatic carbocycles. The van der Waals surface area contributed by atoms with Crippen molar-refractivity contribution in [2.45, 2.75) is 55.7 Å². The van der Waals surface area contributed by atoms with Gasteiger partial charge in [-0.3, -0.25) is 0 Å². The van der Waals surface area contributed by atoms with Crippen molar-refractivity contribution < 1.29 is 40.6 Å². The Morgan fingerprint density at radius 2 is 1.83 bits per heavy atom. The first-order valence-electron chi connectivity index (χ1n) is 11.4. The second-order valence-electron chi connectivity index (χ2n) is 9.12. The van der Waals surface area contributed by atoms with Crippen LogP contribution in [-0.2, 0) is 9.53 Å². The van der Waals surface area contributed by atoms with Crippen LogP contribution in [0.15, 0.2) is 53.5 Å². The molecular weight excluding hydrogens is 490 g/mol. The molecule has 1 saturated carbocycles. The molecule has 2 aromatic rings. The lowest BCUT2D eigenvalue weighted by molar-refractivity contribution is -0.275. The van der Waals surface area contributed by atoms with Crippen LogP contribution in [0.1, 0.15) is 48.6 Å². The van der Waals surface area contributed by atoms with E-state index in [2.05, 4.69) is 9.73 Å². The summed E-state index contributed by atoms with van der Waals surface area (Å²) >= 11 is 0. The Balaban J connectivity index is 1.73. The monoisotopic (exact) mass is 514 g/mol. The molecule has 2 fully saturated rings. The van der Waals surface area contributed by atoms with E-state index in [1.165, 1.54) is 0 Å². The first-order chi connectivity index (χ1) is 16.9. The normalized spacial score (nSPS) is 27.3. The Morgan fingerprint density at radius 3 is 2.47 bits per heavy atom. The molecule has 1 heterocycles. The quantitative estimate of drug-likeness (QED) is 0.224. The molecule has 0 unspecified atom stereocenters. The number of benzene rings is 2. The van der Waals surface area contributed by atoms with Crippen LogP contribution in [0.4, 0.5) is 32.0 Å². The molecule has 2 N–H and O–H groups in total. The fourth-order valence-electron chi connectivity index (χ4n) is 5.44. The SMILES string of the molecule is NC(=Nc1ccc(OC(F)(F)F)c([C@@H]2CO[C@]3(CCC[C@H](C=O)[C@H]3c3ccccc3)C2)c1)C(F)(F)F. The van der Waals surface area contributed by atoms with Crippen LogP contribution in [0.25, 0.3) is 0 Å². The first kappa shape index (κ1) is 26.0. The molecule has 1 spiro atoms. The van der Waals surface area contributed by atoms with Gasteiger partial charge in [-0.25, -0.2) is 4.99 Å². The molecule has 2 aliphatic rings. The highest BCUT2D eigenvalue weighted by molar-refractivity contribution is 5.88. The van der Waals surface area contributed by atoms with Gasteiger partial charge < -0.3 is 20.0 Å². The molecule has 11 heteroatoms. The predicted molar refractivity (Wildman–Crippen MR) is 119 cm³/mol. The number of carbonyl (C=O) groups is 1. The van der Waals surface area contributed by atoms with E-state index >= 15 is 0 Å². The minimum absolute atomic E-state index is 0.00501. The second-order valence-corrected chi connectivity index (χ2v) is 9.12. The number of aldehydes is 1. The number of alkyl halides is 6. The van der Waals surface area contributed by atoms with Gasteiger partial charge in [-0.05, 0) is 49.4 Å². The van der Waals surface area contributed by atoms with E-state index in [0.717, 1.165) is 30.0 Å². The maximum Gasteiger partial charge on any atom is 0.573 e. The fraction of sp³-hybridized carbons (Fsp3) is 0.440. The van der Waals surface area contributed by atoms with Crippen molar-refractivity contribution in [3.63, 3.8) is 0 Å². The van der Waals surface area contributed by atoms with Crippen LogP contribution in [0, 0.1) is 5.92 Å². The fourth-order valence-corrected chi connectivity index (χ4v) is 5.44. The van der Waals surface area contributed by atoms with Crippen LogP contribution in [0.2, 0.25) is 0 Å². The average molecular weight is 514 g/mol. The van der Waals surface area contributed by atoms with Crippen molar-refractivity contribution in [3.8, 4) is 5.75 Å². The Morgan fingerprint density at radius 1 is 1.11 bits per heavy atom. The van der Waals surface area contributed by atoms with Crippen LogP contribution >= 0.6 is 0 Å². The Kier molecular flexibility index (Phi) is 7.05. The van der Waals surface area contributed by atoms with Gasteiger partial charge in [-0.1, -0.05) is 30.3 Å². The number of aliphatic imine (C=N–C) groups is 1. The molecule has 1 saturated heterocycles. The highest BCUT2D eigenvalue weighted by Crippen LogP contribution is 2.55. The van der Waals surface area contributed by atoms with Crippen LogP contribution < -0.4 is 10.5 Å². The molecule has 0 aromatic heterocycles. The minimum atomic E-state index is -5.01. The standard InChI is InChI=1S/C25H24F6N2O3/c26-24(27,28)22(32)33-18-8-9-20(36-25(29,30)31)19(11-18)17-12-23(35-14-17)10-4-7-16(13-34)21(23)15-5-2-1-3-6-15/h1-3,5-6,8-9,11,13,16-17,21H,4,7,10,12,14H2,(H2,32,33)/t16-,17+,21-,23-/m1/s1. The minimum Gasteiger partial charge on any atom is -0.405 e. The zero-order valence-electron chi connectivity index (χ0n) is 19.0. The topological polar surface area (TPSA) is 73.9 Å². The largest absolute Gasteiger partial charge is 0.573 e. The van der Waals surface area contributed by atoms with Gasteiger partial charge in [0.05, 0.1) is 17.9 Å². The smallest absolute Gasteiger partial charge is 0.405 e. The number of rotatable bonds is 5. The Hall–Kier alpha value is -3.08. The van der Waals surface area contributed by atoms with E-state index < -0.39 is 35.6 Å². The van der Waals surface area contributed by atoms with Crippen molar-refractivity contribution in [2.75, 3.05) is 6.61 Å². The molecule has 0 amide bonds. The zero-order valence-corrected chi connectivity index (χ0v) is 19.0. The summed E-state index contributed by atoms with van der Waals surface area (Å²) < 4.78 is 88.4. The highest BCUT2D eigenvalue weighted by atomic mass is 19.4. The second kappa shape index (κ2) is 9.76. The van der Waals surface area contributed by atoms with Crippen LogP contribution in [0.5, 0.6) is 5.75 Å². The van der Waals surface area contributed by atoms with Gasteiger partial charge in [0.15, 0.2) is 0 Å². The summed E-state index contributed by atoms with van der Waals surface area (Å²) in [6.45, 7) is 0.00501. The molecule has 194 valence electrons. The van der Waals surface area contributed by atoms with E-state index in [1.807, 2.05) is 30.3 Å². The number of carbonyl (C=O) groups excluding carboxylic acids is 1. The molecule has 36 heavy (non-hydrogen) atoms. The maximum atomic E-state index is 13.1. The number of halogens is 6. The van der Waals surface area contributed by atoms with Gasteiger partial charge in [0.1, 0.15) is 12.0 Å². The third-order valence-corrected chi connectivity index (χ3v) is 6.83. The summed E-state index contributed by atoms with van der Waals surface area (Å²) in [5, 5.41) is 0. The lowest BCUT2D eigenvalue weighted by Crippen LogP contribution is -2.43. The highest BCUT2D eigenvalue weighted by Gasteiger charge is 2.52. The van der Waals surface area contributed by atoms with E-state index in [4.69, 9.17) is 10.5 Å². The lowest BCUT2D eigenvalue weighted by atomic mass is 9.64. The van der Waals surface area contributed by atoms with Gasteiger partial charge in [0, 0.05) is 23.3 Å². The summed E-state index contributed by atoms with van der Waals surface area (Å²) in [6, 6.07) is 12.3. The zero-order chi connectivity index (χ0) is 26.1. The number of nitrogens with zero attached hydrogens (tertiary/aromatic N) is 1. The summed E-state index contributed by atoms with van der Waals surface area (Å²) in [5.74, 6) is -3.46. The number of amidine groups is 1. The number of hydrogen-bond acceptors (Lipinski definition) is 4. The molecule has 5 nitrogen and oxygen atoms in total. The molecule has 1 aliphatic heterocycles. The Labute approximate surface area is 203 Å². The van der Waals surface area contributed by atoms with E-state index in [1.54, 1.807) is 0 Å². The number of hydrogen-bond donors (Lipinski definition) is 1. The van der Waals surface area contributed by atoms with Crippen LogP contribution in [0.3, 0.4) is 0 Å². The van der Waals surface area contributed by atoms with Gasteiger partial charge in [-0.2, -0.15) is 13.2 Å². The molecular formula is C25H24F6N2O3. The van der Waals surface area contributed by atoms with Gasteiger partial charge >= 0.3 is 12.5 Å². The van der Waals surface area contributed by atoms with Crippen molar-refractivity contribution >= 4 is 17.8 Å². The molecule has 4 rings (SSSR count). The van der Waals surface area contributed by atoms with Crippen molar-refractivity contribution in [2.24, 2.45) is 16.6 Å². The molecule has 0 bridgehead atoms. The van der Waals surface area contributed by atoms with E-state index in [-0.39, 0.29) is 36.1 Å². The number of ether oxygens (including phenoxy) is 2. The third kappa shape index (κ3) is 5.50. The molecule has 0 radical (unpaired) electrons.